The summed E-state index contributed by atoms with van der Waals surface area (Å²) in [6.45, 7) is 0. The molecule has 0 saturated heterocycles. The van der Waals surface area contributed by atoms with Gasteiger partial charge in [-0.15, -0.1) is 0 Å². The first kappa shape index (κ1) is 21.1. The molecule has 0 aromatic heterocycles. The molecule has 0 bridgehead atoms. The number of carbonyl (C=O) groups excluding carboxylic acids is 2. The smallest absolute Gasteiger partial charge is 0.0417 e. The van der Waals surface area contributed by atoms with Gasteiger partial charge in [0, 0.05) is 11.9 Å². The molecule has 0 spiro atoms. The molecule has 0 amide bonds. The van der Waals surface area contributed by atoms with Gasteiger partial charge in [0.05, 0.1) is 0 Å². The average molecular weight is 356 g/mol. The molecule has 0 aliphatic rings. The van der Waals surface area contributed by atoms with Gasteiger partial charge in [-0.1, -0.05) is 48.5 Å². The van der Waals surface area contributed by atoms with Gasteiger partial charge in [0.2, 0.25) is 0 Å². The van der Waals surface area contributed by atoms with Crippen LogP contribution in [0.15, 0.2) is 48.5 Å². The van der Waals surface area contributed by atoms with Crippen LogP contribution in [-0.2, 0) is 22.4 Å². The number of aryl methyl sites for hydroxylation is 2. The Morgan fingerprint density at radius 2 is 0.885 bits per heavy atom. The molecule has 0 saturated carbocycles. The Kier molecular flexibility index (Phi) is 7.25. The summed E-state index contributed by atoms with van der Waals surface area (Å²) in [5, 5.41) is 25.7. The number of carboxylic acids is 2. The van der Waals surface area contributed by atoms with E-state index in [1.54, 1.807) is 0 Å². The zero-order chi connectivity index (χ0) is 17.1. The Balaban J connectivity index is 0.00000169. The molecule has 3 aromatic rings. The molecule has 0 aliphatic heterocycles. The number of carbonyl (C=O) groups is 2. The second kappa shape index (κ2) is 8.94. The van der Waals surface area contributed by atoms with Gasteiger partial charge in [0.1, 0.15) is 0 Å². The van der Waals surface area contributed by atoms with Crippen molar-refractivity contribution in [2.24, 2.45) is 0 Å². The van der Waals surface area contributed by atoms with Crippen molar-refractivity contribution in [3.63, 3.8) is 0 Å². The fraction of sp³-hybridized carbons (Fsp3) is 0.200. The van der Waals surface area contributed by atoms with E-state index in [2.05, 4.69) is 0 Å². The highest BCUT2D eigenvalue weighted by molar-refractivity contribution is 6.06. The van der Waals surface area contributed by atoms with E-state index < -0.39 is 11.9 Å². The lowest BCUT2D eigenvalue weighted by molar-refractivity contribution is -0.307. The van der Waals surface area contributed by atoms with E-state index >= 15 is 0 Å². The van der Waals surface area contributed by atoms with E-state index in [0.29, 0.717) is 12.8 Å². The second-order valence-electron chi connectivity index (χ2n) is 5.79. The third-order valence-electron chi connectivity index (χ3n) is 4.31. The maximum Gasteiger partial charge on any atom is 0.0417 e. The third kappa shape index (κ3) is 4.17. The van der Waals surface area contributed by atoms with E-state index in [4.69, 9.17) is 0 Å². The van der Waals surface area contributed by atoms with Gasteiger partial charge in [-0.3, -0.25) is 0 Å². The maximum atomic E-state index is 10.9. The molecule has 0 unspecified atom stereocenters. The number of fused-ring (bicyclic) bond motifs is 2. The minimum absolute atomic E-state index is 0. The lowest BCUT2D eigenvalue weighted by Crippen LogP contribution is -2.23. The number of benzene rings is 3. The Morgan fingerprint density at radius 1 is 0.615 bits per heavy atom. The fourth-order valence-electron chi connectivity index (χ4n) is 3.30. The lowest BCUT2D eigenvalue weighted by Gasteiger charge is -2.17. The molecule has 0 atom stereocenters. The van der Waals surface area contributed by atoms with Crippen LogP contribution in [0.1, 0.15) is 24.0 Å². The van der Waals surface area contributed by atoms with Crippen LogP contribution in [0.3, 0.4) is 0 Å². The summed E-state index contributed by atoms with van der Waals surface area (Å²) >= 11 is 0. The molecule has 0 heterocycles. The van der Waals surface area contributed by atoms with Crippen molar-refractivity contribution in [2.45, 2.75) is 25.7 Å². The largest absolute Gasteiger partial charge is 0.550 e. The molecule has 26 heavy (non-hydrogen) atoms. The van der Waals surface area contributed by atoms with Gasteiger partial charge in [0.15, 0.2) is 0 Å². The number of rotatable bonds is 6. The summed E-state index contributed by atoms with van der Waals surface area (Å²) in [5.41, 5.74) is 1.92. The third-order valence-corrected chi connectivity index (χ3v) is 4.31. The molecule has 138 valence electrons. The Bertz CT molecular complexity index is 805. The van der Waals surface area contributed by atoms with E-state index in [1.807, 2.05) is 48.5 Å². The molecule has 0 fully saturated rings. The highest BCUT2D eigenvalue weighted by Crippen LogP contribution is 2.34. The topological polar surface area (TPSA) is 153 Å². The first-order valence-corrected chi connectivity index (χ1v) is 7.89. The van der Waals surface area contributed by atoms with Crippen LogP contribution in [0.4, 0.5) is 0 Å². The summed E-state index contributed by atoms with van der Waals surface area (Å²) < 4.78 is 0. The quantitative estimate of drug-likeness (QED) is 0.649. The Hall–Kier alpha value is -2.96. The first-order valence-electron chi connectivity index (χ1n) is 7.89. The van der Waals surface area contributed by atoms with E-state index in [-0.39, 0.29) is 25.1 Å². The molecule has 6 heteroatoms. The number of aliphatic carboxylic acids is 2. The highest BCUT2D eigenvalue weighted by atomic mass is 16.4. The number of hydrogen-bond donors (Lipinski definition) is 2. The van der Waals surface area contributed by atoms with Gasteiger partial charge in [0.25, 0.3) is 0 Å². The summed E-state index contributed by atoms with van der Waals surface area (Å²) in [6, 6.07) is 15.4. The Morgan fingerprint density at radius 3 is 1.12 bits per heavy atom. The van der Waals surface area contributed by atoms with Crippen LogP contribution in [-0.4, -0.2) is 11.9 Å². The Labute approximate surface area is 151 Å². The van der Waals surface area contributed by atoms with Gasteiger partial charge in [-0.2, -0.15) is 0 Å². The van der Waals surface area contributed by atoms with Crippen LogP contribution < -0.4 is 22.5 Å². The molecular weight excluding hydrogens is 332 g/mol. The minimum atomic E-state index is -1.08. The highest BCUT2D eigenvalue weighted by Gasteiger charge is 2.13. The monoisotopic (exact) mass is 356 g/mol. The van der Waals surface area contributed by atoms with Crippen LogP contribution >= 0.6 is 0 Å². The van der Waals surface area contributed by atoms with Gasteiger partial charge < -0.3 is 32.1 Å². The van der Waals surface area contributed by atoms with E-state index in [0.717, 1.165) is 32.7 Å². The van der Waals surface area contributed by atoms with E-state index in [9.17, 15) is 19.8 Å². The summed E-state index contributed by atoms with van der Waals surface area (Å²) in [4.78, 5) is 21.8. The van der Waals surface area contributed by atoms with Gasteiger partial charge in [-0.05, 0) is 58.4 Å². The van der Waals surface area contributed by atoms with Crippen LogP contribution in [0, 0.1) is 0 Å². The van der Waals surface area contributed by atoms with Crippen molar-refractivity contribution < 1.29 is 19.8 Å². The molecule has 0 aliphatic carbocycles. The van der Waals surface area contributed by atoms with Crippen molar-refractivity contribution >= 4 is 33.5 Å². The predicted molar refractivity (Wildman–Crippen MR) is 100 cm³/mol. The standard InChI is InChI=1S/C20H18O4.2H3N/c21-19(22)11-9-17-13-5-1-2-6-14(13)18(10-12-20(23)24)16-8-4-3-7-15(16)17;;/h1-8H,9-12H2,(H,21,22)(H,23,24);2*1H3. The summed E-state index contributed by atoms with van der Waals surface area (Å²) in [6.07, 6.45) is 0.660. The van der Waals surface area contributed by atoms with E-state index in [1.165, 1.54) is 0 Å². The number of quaternary nitrogens is 2. The summed E-state index contributed by atoms with van der Waals surface area (Å²) in [5.74, 6) is -2.16. The van der Waals surface area contributed by atoms with Crippen LogP contribution in [0.2, 0.25) is 0 Å². The molecular formula is C20H24N2O4. The minimum Gasteiger partial charge on any atom is -0.550 e. The lowest BCUT2D eigenvalue weighted by atomic mass is 9.88. The fourth-order valence-corrected chi connectivity index (χ4v) is 3.30. The first-order chi connectivity index (χ1) is 11.6. The predicted octanol–water partition coefficient (Wildman–Crippen LogP) is 2.11. The van der Waals surface area contributed by atoms with Crippen LogP contribution in [0.25, 0.3) is 21.5 Å². The van der Waals surface area contributed by atoms with Gasteiger partial charge >= 0.3 is 0 Å². The van der Waals surface area contributed by atoms with Crippen molar-refractivity contribution in [3.05, 3.63) is 59.7 Å². The number of carboxylic acid groups (broad SMARTS) is 2. The van der Waals surface area contributed by atoms with Crippen molar-refractivity contribution in [2.75, 3.05) is 0 Å². The van der Waals surface area contributed by atoms with Gasteiger partial charge in [-0.25, -0.2) is 0 Å². The normalized spacial score (nSPS) is 10.2. The molecule has 6 nitrogen and oxygen atoms in total. The van der Waals surface area contributed by atoms with Crippen molar-refractivity contribution in [1.82, 2.24) is 12.3 Å². The van der Waals surface area contributed by atoms with Crippen molar-refractivity contribution in [1.29, 1.82) is 0 Å². The average Bonchev–Trinajstić information content (AvgIpc) is 2.57. The number of hydrogen-bond acceptors (Lipinski definition) is 4. The second-order valence-corrected chi connectivity index (χ2v) is 5.79. The zero-order valence-electron chi connectivity index (χ0n) is 15.1. The summed E-state index contributed by atoms with van der Waals surface area (Å²) in [7, 11) is 0. The maximum absolute atomic E-state index is 10.9. The molecule has 8 N–H and O–H groups in total. The molecule has 0 radical (unpaired) electrons. The van der Waals surface area contributed by atoms with Crippen molar-refractivity contribution in [3.8, 4) is 0 Å². The zero-order valence-corrected chi connectivity index (χ0v) is 15.1. The SMILES string of the molecule is O=C([O-])CCc1c2ccccc2c(CCC(=O)[O-])c2ccccc12.[NH4+].[NH4+]. The molecule has 3 aromatic carbocycles. The molecule has 3 rings (SSSR count). The van der Waals surface area contributed by atoms with Crippen LogP contribution in [0.5, 0.6) is 0 Å².